The summed E-state index contributed by atoms with van der Waals surface area (Å²) in [4.78, 5) is 13.2. The van der Waals surface area contributed by atoms with Gasteiger partial charge in [0, 0.05) is 17.3 Å². The van der Waals surface area contributed by atoms with Crippen LogP contribution in [-0.4, -0.2) is 59.3 Å². The van der Waals surface area contributed by atoms with Crippen LogP contribution in [-0.2, 0) is 20.1 Å². The number of azo groups is 1. The average Bonchev–Trinajstić information content (AvgIpc) is 3.20. The lowest BCUT2D eigenvalue weighted by Gasteiger charge is -2.14. The number of aromatic carboxylic acids is 1. The van der Waals surface area contributed by atoms with E-state index in [0.717, 1.165) is 12.1 Å². The number of rotatable bonds is 8. The van der Waals surface area contributed by atoms with E-state index < -0.39 is 64.5 Å². The zero-order valence-corrected chi connectivity index (χ0v) is 18.7. The van der Waals surface area contributed by atoms with Crippen molar-refractivity contribution in [2.24, 2.45) is 16.1 Å². The molecule has 0 unspecified atom stereocenters. The van der Waals surface area contributed by atoms with Gasteiger partial charge in [0.25, 0.3) is 16.1 Å². The van der Waals surface area contributed by atoms with E-state index >= 15 is 0 Å². The van der Waals surface area contributed by atoms with Crippen molar-refractivity contribution in [1.82, 2.24) is 19.9 Å². The topological polar surface area (TPSA) is 224 Å². The molecule has 0 saturated carbocycles. The van der Waals surface area contributed by atoms with E-state index in [4.69, 9.17) is 5.11 Å². The fourth-order valence-corrected chi connectivity index (χ4v) is 4.89. The van der Waals surface area contributed by atoms with Gasteiger partial charge in [-0.05, 0) is 18.1 Å². The van der Waals surface area contributed by atoms with E-state index in [1.54, 1.807) is 13.8 Å². The first-order valence-corrected chi connectivity index (χ1v) is 12.1. The molecule has 33 heavy (non-hydrogen) atoms. The van der Waals surface area contributed by atoms with Gasteiger partial charge in [-0.1, -0.05) is 26.0 Å². The van der Waals surface area contributed by atoms with Crippen LogP contribution in [0.1, 0.15) is 24.5 Å². The zero-order valence-electron chi connectivity index (χ0n) is 17.1. The lowest BCUT2D eigenvalue weighted by molar-refractivity contribution is 0.0684. The van der Waals surface area contributed by atoms with Gasteiger partial charge in [0.05, 0.1) is 4.90 Å². The number of sulfonamides is 1. The summed E-state index contributed by atoms with van der Waals surface area (Å²) in [6.45, 7) is 3.62. The second-order valence-electron chi connectivity index (χ2n) is 7.13. The Morgan fingerprint density at radius 2 is 1.88 bits per heavy atom. The molecule has 0 amide bonds. The molecule has 176 valence electrons. The normalized spacial score (nSPS) is 12.7. The number of aromatic nitrogens is 3. The molecule has 3 aromatic rings. The zero-order chi connectivity index (χ0) is 24.6. The van der Waals surface area contributed by atoms with Crippen molar-refractivity contribution in [3.8, 4) is 5.75 Å². The SMILES string of the molecule is CC(C)CNS(=O)(=O)c1cccc2c(S(=O)(=O)O)cc(N=Nc3n[nH]c(C(=O)O)n3)c(O)c12. The molecule has 0 spiro atoms. The van der Waals surface area contributed by atoms with Crippen molar-refractivity contribution in [2.45, 2.75) is 23.6 Å². The highest BCUT2D eigenvalue weighted by molar-refractivity contribution is 7.89. The molecule has 0 aliphatic carbocycles. The molecule has 0 aliphatic heterocycles. The summed E-state index contributed by atoms with van der Waals surface area (Å²) >= 11 is 0. The number of hydrogen-bond acceptors (Lipinski definition) is 10. The summed E-state index contributed by atoms with van der Waals surface area (Å²) < 4.78 is 61.7. The Morgan fingerprint density at radius 3 is 2.45 bits per heavy atom. The molecule has 1 heterocycles. The maximum absolute atomic E-state index is 12.9. The van der Waals surface area contributed by atoms with Crippen molar-refractivity contribution < 1.29 is 36.4 Å². The number of carbonyl (C=O) groups is 1. The van der Waals surface area contributed by atoms with Crippen molar-refractivity contribution in [3.63, 3.8) is 0 Å². The van der Waals surface area contributed by atoms with Crippen molar-refractivity contribution >= 4 is 48.5 Å². The van der Waals surface area contributed by atoms with Crippen molar-refractivity contribution in [3.05, 3.63) is 30.1 Å². The van der Waals surface area contributed by atoms with Crippen LogP contribution >= 0.6 is 0 Å². The van der Waals surface area contributed by atoms with Gasteiger partial charge in [0.2, 0.25) is 15.8 Å². The number of nitrogens with zero attached hydrogens (tertiary/aromatic N) is 4. The number of aromatic hydroxyl groups is 1. The van der Waals surface area contributed by atoms with E-state index in [2.05, 4.69) is 30.1 Å². The number of aromatic amines is 1. The molecule has 16 heteroatoms. The maximum Gasteiger partial charge on any atom is 0.373 e. The molecular weight excluding hydrogens is 480 g/mol. The number of carboxylic acids is 1. The van der Waals surface area contributed by atoms with E-state index in [9.17, 15) is 31.3 Å². The fraction of sp³-hybridized carbons (Fsp3) is 0.235. The highest BCUT2D eigenvalue weighted by Crippen LogP contribution is 2.42. The minimum absolute atomic E-state index is 0.0434. The number of phenols is 1. The highest BCUT2D eigenvalue weighted by Gasteiger charge is 2.26. The maximum atomic E-state index is 12.9. The van der Waals surface area contributed by atoms with Gasteiger partial charge >= 0.3 is 5.97 Å². The van der Waals surface area contributed by atoms with Crippen LogP contribution in [0.4, 0.5) is 11.6 Å². The monoisotopic (exact) mass is 498 g/mol. The third-order valence-electron chi connectivity index (χ3n) is 4.21. The predicted octanol–water partition coefficient (Wildman–Crippen LogP) is 1.96. The Bertz CT molecular complexity index is 1480. The summed E-state index contributed by atoms with van der Waals surface area (Å²) in [6.07, 6.45) is 0. The Morgan fingerprint density at radius 1 is 1.18 bits per heavy atom. The first kappa shape index (κ1) is 24.2. The number of fused-ring (bicyclic) bond motifs is 1. The summed E-state index contributed by atoms with van der Waals surface area (Å²) in [7, 11) is -9.10. The summed E-state index contributed by atoms with van der Waals surface area (Å²) in [5.74, 6) is -3.22. The minimum atomic E-state index is -4.89. The number of H-pyrrole nitrogens is 1. The minimum Gasteiger partial charge on any atom is -0.505 e. The molecule has 0 bridgehead atoms. The Labute approximate surface area is 187 Å². The van der Waals surface area contributed by atoms with Crippen molar-refractivity contribution in [1.29, 1.82) is 0 Å². The van der Waals surface area contributed by atoms with E-state index in [0.29, 0.717) is 0 Å². The van der Waals surface area contributed by atoms with E-state index in [-0.39, 0.29) is 17.8 Å². The van der Waals surface area contributed by atoms with Crippen LogP contribution in [0.3, 0.4) is 0 Å². The summed E-state index contributed by atoms with van der Waals surface area (Å²) in [5, 5.41) is 31.6. The molecule has 1 aromatic heterocycles. The Hall–Kier alpha value is -3.47. The van der Waals surface area contributed by atoms with Crippen LogP contribution in [0, 0.1) is 5.92 Å². The molecule has 0 fully saturated rings. The lowest BCUT2D eigenvalue weighted by atomic mass is 10.1. The molecule has 5 N–H and O–H groups in total. The van der Waals surface area contributed by atoms with Gasteiger partial charge in [-0.2, -0.15) is 13.4 Å². The van der Waals surface area contributed by atoms with Crippen LogP contribution in [0.2, 0.25) is 0 Å². The van der Waals surface area contributed by atoms with Gasteiger partial charge in [-0.3, -0.25) is 9.65 Å². The first-order chi connectivity index (χ1) is 15.3. The van der Waals surface area contributed by atoms with Crippen molar-refractivity contribution in [2.75, 3.05) is 6.54 Å². The highest BCUT2D eigenvalue weighted by atomic mass is 32.2. The molecule has 0 aliphatic rings. The fourth-order valence-electron chi connectivity index (χ4n) is 2.74. The molecule has 2 aromatic carbocycles. The smallest absolute Gasteiger partial charge is 0.373 e. The van der Waals surface area contributed by atoms with Crippen LogP contribution in [0.25, 0.3) is 10.8 Å². The van der Waals surface area contributed by atoms with Crippen LogP contribution in [0.15, 0.2) is 44.3 Å². The average molecular weight is 498 g/mol. The van der Waals surface area contributed by atoms with E-state index in [1.807, 2.05) is 0 Å². The standard InChI is InChI=1S/C17H18N6O8S2/c1-8(2)7-18-32(27,28)11-5-3-4-9-12(33(29,30)31)6-10(14(24)13(9)11)20-22-17-19-15(16(25)26)21-23-17/h3-6,8,18,24H,7H2,1-2H3,(H,25,26)(H,19,21,23)(H,29,30,31). The van der Waals surface area contributed by atoms with Gasteiger partial charge < -0.3 is 10.2 Å². The molecule has 0 atom stereocenters. The number of benzene rings is 2. The second kappa shape index (κ2) is 8.81. The number of nitrogens with one attached hydrogen (secondary N) is 2. The summed E-state index contributed by atoms with van der Waals surface area (Å²) in [5.41, 5.74) is -0.539. The van der Waals surface area contributed by atoms with Gasteiger partial charge in [-0.25, -0.2) is 17.9 Å². The quantitative estimate of drug-likeness (QED) is 0.224. The summed E-state index contributed by atoms with van der Waals surface area (Å²) in [6, 6.07) is 4.38. The van der Waals surface area contributed by atoms with Gasteiger partial charge in [0.1, 0.15) is 10.6 Å². The number of carboxylic acid groups (broad SMARTS) is 1. The van der Waals surface area contributed by atoms with Crippen LogP contribution < -0.4 is 4.72 Å². The predicted molar refractivity (Wildman–Crippen MR) is 113 cm³/mol. The molecule has 3 rings (SSSR count). The molecular formula is C17H18N6O8S2. The Kier molecular flexibility index (Phi) is 6.46. The number of phenolic OH excluding ortho intramolecular Hbond substituents is 1. The van der Waals surface area contributed by atoms with Gasteiger partial charge in [-0.15, -0.1) is 15.3 Å². The third kappa shape index (κ3) is 5.14. The second-order valence-corrected chi connectivity index (χ2v) is 10.3. The van der Waals surface area contributed by atoms with Crippen LogP contribution in [0.5, 0.6) is 5.75 Å². The van der Waals surface area contributed by atoms with E-state index in [1.165, 1.54) is 12.1 Å². The molecule has 0 saturated heterocycles. The largest absolute Gasteiger partial charge is 0.505 e. The molecule has 14 nitrogen and oxygen atoms in total. The Balaban J connectivity index is 2.26. The lowest BCUT2D eigenvalue weighted by Crippen LogP contribution is -2.27. The van der Waals surface area contributed by atoms with Gasteiger partial charge in [0.15, 0.2) is 5.75 Å². The first-order valence-electron chi connectivity index (χ1n) is 9.14. The number of hydrogen-bond donors (Lipinski definition) is 5. The molecule has 0 radical (unpaired) electrons. The third-order valence-corrected chi connectivity index (χ3v) is 6.57.